The van der Waals surface area contributed by atoms with Crippen LogP contribution in [-0.2, 0) is 19.6 Å². The molecule has 0 bridgehead atoms. The van der Waals surface area contributed by atoms with Crippen LogP contribution in [0.15, 0.2) is 24.3 Å². The summed E-state index contributed by atoms with van der Waals surface area (Å²) in [4.78, 5) is 11.3. The molecule has 0 aliphatic heterocycles. The SMILES string of the molecule is CC.COC(=O)CC1CCC(c2ccc(OS(=O)(=O)C(F)(F)F)cc2)CC1. The Labute approximate surface area is 158 Å². The van der Waals surface area contributed by atoms with Gasteiger partial charge in [0.25, 0.3) is 0 Å². The smallest absolute Gasteiger partial charge is 0.469 e. The van der Waals surface area contributed by atoms with Gasteiger partial charge in [-0.25, -0.2) is 0 Å². The number of hydrogen-bond acceptors (Lipinski definition) is 5. The van der Waals surface area contributed by atoms with Crippen molar-refractivity contribution in [1.82, 2.24) is 0 Å². The van der Waals surface area contributed by atoms with Crippen molar-refractivity contribution in [2.45, 2.75) is 57.4 Å². The molecular weight excluding hydrogens is 385 g/mol. The molecule has 2 rings (SSSR count). The molecule has 1 aliphatic rings. The second-order valence-electron chi connectivity index (χ2n) is 6.05. The standard InChI is InChI=1S/C16H19F3O5S.C2H6/c1-23-15(20)10-11-2-4-12(5-3-11)13-6-8-14(9-7-13)24-25(21,22)16(17,18)19;1-2/h6-9,11-12H,2-5,10H2,1H3;1-2H3. The van der Waals surface area contributed by atoms with Gasteiger partial charge in [0.05, 0.1) is 7.11 Å². The number of alkyl halides is 3. The fourth-order valence-electron chi connectivity index (χ4n) is 2.99. The van der Waals surface area contributed by atoms with Crippen LogP contribution in [0.4, 0.5) is 13.2 Å². The zero-order chi connectivity index (χ0) is 20.7. The zero-order valence-electron chi connectivity index (χ0n) is 15.6. The minimum atomic E-state index is -5.65. The average Bonchev–Trinajstić information content (AvgIpc) is 2.63. The maximum Gasteiger partial charge on any atom is 0.534 e. The first-order chi connectivity index (χ1) is 12.6. The van der Waals surface area contributed by atoms with Crippen molar-refractivity contribution in [1.29, 1.82) is 0 Å². The summed E-state index contributed by atoms with van der Waals surface area (Å²) in [5.41, 5.74) is -4.54. The number of benzene rings is 1. The van der Waals surface area contributed by atoms with Gasteiger partial charge in [0.2, 0.25) is 0 Å². The van der Waals surface area contributed by atoms with E-state index in [0.29, 0.717) is 6.42 Å². The first-order valence-corrected chi connectivity index (χ1v) is 10.2. The van der Waals surface area contributed by atoms with Gasteiger partial charge < -0.3 is 8.92 Å². The van der Waals surface area contributed by atoms with Crippen LogP contribution in [0.2, 0.25) is 0 Å². The molecule has 5 nitrogen and oxygen atoms in total. The van der Waals surface area contributed by atoms with Gasteiger partial charge in [-0.05, 0) is 55.2 Å². The number of rotatable bonds is 5. The van der Waals surface area contributed by atoms with Gasteiger partial charge in [-0.1, -0.05) is 26.0 Å². The summed E-state index contributed by atoms with van der Waals surface area (Å²) < 4.78 is 67.6. The fourth-order valence-corrected chi connectivity index (χ4v) is 3.45. The molecular formula is C18H25F3O5S. The minimum absolute atomic E-state index is 0.224. The van der Waals surface area contributed by atoms with Crippen molar-refractivity contribution in [2.24, 2.45) is 5.92 Å². The van der Waals surface area contributed by atoms with Crippen molar-refractivity contribution < 1.29 is 35.3 Å². The molecule has 0 radical (unpaired) electrons. The van der Waals surface area contributed by atoms with Crippen LogP contribution in [0.5, 0.6) is 5.75 Å². The molecule has 0 atom stereocenters. The molecule has 0 saturated heterocycles. The Bertz CT molecular complexity index is 691. The number of ether oxygens (including phenoxy) is 1. The molecule has 1 fully saturated rings. The second kappa shape index (κ2) is 9.96. The normalized spacial score (nSPS) is 20.2. The van der Waals surface area contributed by atoms with E-state index in [-0.39, 0.29) is 23.6 Å². The van der Waals surface area contributed by atoms with Crippen LogP contribution in [0.25, 0.3) is 0 Å². The fraction of sp³-hybridized carbons (Fsp3) is 0.611. The third kappa shape index (κ3) is 6.71. The Morgan fingerprint density at radius 1 is 1.07 bits per heavy atom. The number of hydrogen-bond donors (Lipinski definition) is 0. The highest BCUT2D eigenvalue weighted by Gasteiger charge is 2.48. The van der Waals surface area contributed by atoms with Crippen molar-refractivity contribution in [2.75, 3.05) is 7.11 Å². The number of halogens is 3. The average molecular weight is 410 g/mol. The van der Waals surface area contributed by atoms with Crippen LogP contribution >= 0.6 is 0 Å². The summed E-state index contributed by atoms with van der Waals surface area (Å²) in [6.45, 7) is 4.00. The van der Waals surface area contributed by atoms with E-state index in [9.17, 15) is 26.4 Å². The van der Waals surface area contributed by atoms with E-state index < -0.39 is 15.6 Å². The predicted molar refractivity (Wildman–Crippen MR) is 94.7 cm³/mol. The van der Waals surface area contributed by atoms with Gasteiger partial charge in [-0.3, -0.25) is 4.79 Å². The molecule has 27 heavy (non-hydrogen) atoms. The molecule has 1 aromatic carbocycles. The molecule has 1 aliphatic carbocycles. The van der Waals surface area contributed by atoms with E-state index in [1.54, 1.807) is 12.1 Å². The third-order valence-corrected chi connectivity index (χ3v) is 5.35. The number of methoxy groups -OCH3 is 1. The molecule has 0 aromatic heterocycles. The maximum atomic E-state index is 12.3. The third-order valence-electron chi connectivity index (χ3n) is 4.37. The Hall–Kier alpha value is -1.77. The molecule has 9 heteroatoms. The Morgan fingerprint density at radius 3 is 2.04 bits per heavy atom. The van der Waals surface area contributed by atoms with Crippen molar-refractivity contribution in [3.05, 3.63) is 29.8 Å². The lowest BCUT2D eigenvalue weighted by atomic mass is 9.77. The lowest BCUT2D eigenvalue weighted by Gasteiger charge is -2.28. The molecule has 1 saturated carbocycles. The van der Waals surface area contributed by atoms with E-state index in [1.807, 2.05) is 13.8 Å². The highest BCUT2D eigenvalue weighted by Crippen LogP contribution is 2.38. The largest absolute Gasteiger partial charge is 0.534 e. The van der Waals surface area contributed by atoms with Crippen LogP contribution in [0.1, 0.15) is 57.4 Å². The monoisotopic (exact) mass is 410 g/mol. The second-order valence-corrected chi connectivity index (χ2v) is 7.59. The Morgan fingerprint density at radius 2 is 1.59 bits per heavy atom. The van der Waals surface area contributed by atoms with Crippen LogP contribution in [0, 0.1) is 5.92 Å². The highest BCUT2D eigenvalue weighted by atomic mass is 32.2. The van der Waals surface area contributed by atoms with Crippen molar-refractivity contribution in [3.8, 4) is 5.75 Å². The number of carbonyl (C=O) groups excluding carboxylic acids is 1. The van der Waals surface area contributed by atoms with Gasteiger partial charge in [-0.15, -0.1) is 0 Å². The lowest BCUT2D eigenvalue weighted by Crippen LogP contribution is -2.28. The molecule has 1 aromatic rings. The number of esters is 1. The quantitative estimate of drug-likeness (QED) is 0.397. The van der Waals surface area contributed by atoms with E-state index in [0.717, 1.165) is 31.2 Å². The molecule has 0 N–H and O–H groups in total. The summed E-state index contributed by atoms with van der Waals surface area (Å²) in [5, 5.41) is 0. The predicted octanol–water partition coefficient (Wildman–Crippen LogP) is 4.78. The van der Waals surface area contributed by atoms with Crippen LogP contribution in [0.3, 0.4) is 0 Å². The summed E-state index contributed by atoms with van der Waals surface area (Å²) in [7, 11) is -4.30. The van der Waals surface area contributed by atoms with E-state index in [4.69, 9.17) is 0 Å². The first-order valence-electron chi connectivity index (χ1n) is 8.80. The molecule has 0 spiro atoms. The summed E-state index contributed by atoms with van der Waals surface area (Å²) in [5.74, 6) is -0.0957. The molecule has 0 amide bonds. The van der Waals surface area contributed by atoms with Gasteiger partial charge in [0.15, 0.2) is 0 Å². The van der Waals surface area contributed by atoms with Crippen LogP contribution in [-0.4, -0.2) is 27.0 Å². The Kier molecular flexibility index (Phi) is 8.59. The maximum absolute atomic E-state index is 12.3. The highest BCUT2D eigenvalue weighted by molar-refractivity contribution is 7.88. The summed E-state index contributed by atoms with van der Waals surface area (Å²) >= 11 is 0. The summed E-state index contributed by atoms with van der Waals surface area (Å²) in [6, 6.07) is 5.59. The van der Waals surface area contributed by atoms with E-state index in [2.05, 4.69) is 8.92 Å². The van der Waals surface area contributed by atoms with Crippen LogP contribution < -0.4 is 4.18 Å². The first kappa shape index (κ1) is 23.3. The van der Waals surface area contributed by atoms with E-state index >= 15 is 0 Å². The zero-order valence-corrected chi connectivity index (χ0v) is 16.4. The minimum Gasteiger partial charge on any atom is -0.469 e. The van der Waals surface area contributed by atoms with Gasteiger partial charge in [0, 0.05) is 6.42 Å². The Balaban J connectivity index is 0.00000176. The molecule has 0 heterocycles. The van der Waals surface area contributed by atoms with Gasteiger partial charge in [0.1, 0.15) is 5.75 Å². The van der Waals surface area contributed by atoms with E-state index in [1.165, 1.54) is 19.2 Å². The van der Waals surface area contributed by atoms with Gasteiger partial charge in [-0.2, -0.15) is 21.6 Å². The van der Waals surface area contributed by atoms with Gasteiger partial charge >= 0.3 is 21.6 Å². The molecule has 154 valence electrons. The lowest BCUT2D eigenvalue weighted by molar-refractivity contribution is -0.142. The van der Waals surface area contributed by atoms with Crippen molar-refractivity contribution >= 4 is 16.1 Å². The summed E-state index contributed by atoms with van der Waals surface area (Å²) in [6.07, 6.45) is 3.82. The molecule has 0 unspecified atom stereocenters. The number of carbonyl (C=O) groups is 1. The van der Waals surface area contributed by atoms with Crippen molar-refractivity contribution in [3.63, 3.8) is 0 Å². The topological polar surface area (TPSA) is 69.7 Å².